The number of quaternary nitrogens is 1. The lowest BCUT2D eigenvalue weighted by Gasteiger charge is -2.21. The van der Waals surface area contributed by atoms with Gasteiger partial charge in [-0.25, -0.2) is 4.39 Å². The smallest absolute Gasteiger partial charge is 0.287 e. The van der Waals surface area contributed by atoms with E-state index >= 15 is 0 Å². The van der Waals surface area contributed by atoms with Gasteiger partial charge in [0.15, 0.2) is 6.04 Å². The topological polar surface area (TPSA) is 45.7 Å². The van der Waals surface area contributed by atoms with Crippen molar-refractivity contribution in [3.63, 3.8) is 0 Å². The number of benzene rings is 2. The molecule has 0 aromatic heterocycles. The van der Waals surface area contributed by atoms with E-state index in [1.54, 1.807) is 12.1 Å². The van der Waals surface area contributed by atoms with Crippen LogP contribution in [-0.4, -0.2) is 11.9 Å². The number of carbonyl (C=O) groups is 1. The molecule has 3 N–H and O–H groups in total. The van der Waals surface area contributed by atoms with Crippen LogP contribution in [0.25, 0.3) is 0 Å². The fraction of sp³-hybridized carbons (Fsp3) is 0.316. The van der Waals surface area contributed by atoms with Crippen LogP contribution in [0.4, 0.5) is 10.1 Å². The predicted molar refractivity (Wildman–Crippen MR) is 90.5 cm³/mol. The number of anilines is 1. The van der Waals surface area contributed by atoms with Gasteiger partial charge >= 0.3 is 0 Å². The van der Waals surface area contributed by atoms with Gasteiger partial charge in [0.1, 0.15) is 5.82 Å². The molecule has 0 saturated heterocycles. The molecule has 122 valence electrons. The van der Waals surface area contributed by atoms with E-state index in [0.29, 0.717) is 11.7 Å². The van der Waals surface area contributed by atoms with E-state index in [4.69, 9.17) is 0 Å². The van der Waals surface area contributed by atoms with E-state index in [1.165, 1.54) is 12.1 Å². The second kappa shape index (κ2) is 8.44. The summed E-state index contributed by atoms with van der Waals surface area (Å²) in [6.07, 6.45) is 2.01. The highest BCUT2D eigenvalue weighted by molar-refractivity contribution is 5.94. The van der Waals surface area contributed by atoms with E-state index < -0.39 is 0 Å². The third-order valence-electron chi connectivity index (χ3n) is 4.07. The minimum absolute atomic E-state index is 0.0882. The Hall–Kier alpha value is -2.20. The number of carbonyl (C=O) groups excluding carboxylic acids is 1. The van der Waals surface area contributed by atoms with Crippen molar-refractivity contribution in [2.24, 2.45) is 0 Å². The molecule has 0 fully saturated rings. The number of nitrogens with two attached hydrogens (primary N) is 1. The van der Waals surface area contributed by atoms with Crippen LogP contribution in [0, 0.1) is 5.82 Å². The molecule has 0 spiro atoms. The van der Waals surface area contributed by atoms with Gasteiger partial charge in [-0.3, -0.25) is 4.79 Å². The summed E-state index contributed by atoms with van der Waals surface area (Å²) in [6, 6.07) is 15.7. The average molecular weight is 315 g/mol. The van der Waals surface area contributed by atoms with Crippen LogP contribution >= 0.6 is 0 Å². The van der Waals surface area contributed by atoms with Gasteiger partial charge in [-0.1, -0.05) is 44.2 Å². The van der Waals surface area contributed by atoms with E-state index in [0.717, 1.165) is 18.4 Å². The Labute approximate surface area is 136 Å². The first kappa shape index (κ1) is 17.2. The van der Waals surface area contributed by atoms with Crippen molar-refractivity contribution in [1.29, 1.82) is 0 Å². The van der Waals surface area contributed by atoms with Gasteiger partial charge in [0.2, 0.25) is 0 Å². The molecule has 2 aromatic rings. The summed E-state index contributed by atoms with van der Waals surface area (Å²) in [5.41, 5.74) is 1.58. The fourth-order valence-corrected chi connectivity index (χ4v) is 2.60. The Balaban J connectivity index is 2.18. The van der Waals surface area contributed by atoms with Crippen molar-refractivity contribution in [3.05, 3.63) is 66.0 Å². The van der Waals surface area contributed by atoms with Gasteiger partial charge in [0.25, 0.3) is 5.91 Å². The molecular formula is C19H24FN2O+. The van der Waals surface area contributed by atoms with Crippen molar-refractivity contribution in [3.8, 4) is 0 Å². The van der Waals surface area contributed by atoms with Crippen molar-refractivity contribution in [2.75, 3.05) is 5.32 Å². The summed E-state index contributed by atoms with van der Waals surface area (Å²) in [4.78, 5) is 12.7. The first-order valence-electron chi connectivity index (χ1n) is 8.10. The highest BCUT2D eigenvalue weighted by Crippen LogP contribution is 2.14. The monoisotopic (exact) mass is 315 g/mol. The molecule has 0 bridgehead atoms. The average Bonchev–Trinajstić information content (AvgIpc) is 2.59. The van der Waals surface area contributed by atoms with Gasteiger partial charge in [0, 0.05) is 11.3 Å². The van der Waals surface area contributed by atoms with Crippen LogP contribution in [0.2, 0.25) is 0 Å². The third kappa shape index (κ3) is 4.89. The number of halogens is 1. The Morgan fingerprint density at radius 1 is 1.04 bits per heavy atom. The zero-order valence-electron chi connectivity index (χ0n) is 13.6. The summed E-state index contributed by atoms with van der Waals surface area (Å²) in [5, 5.41) is 5.00. The minimum Gasteiger partial charge on any atom is -0.330 e. The lowest BCUT2D eigenvalue weighted by Crippen LogP contribution is -2.92. The molecule has 2 rings (SSSR count). The van der Waals surface area contributed by atoms with Crippen molar-refractivity contribution < 1.29 is 14.5 Å². The lowest BCUT2D eigenvalue weighted by atomic mass is 10.0. The number of hydrogen-bond donors (Lipinski definition) is 2. The van der Waals surface area contributed by atoms with Gasteiger partial charge in [-0.2, -0.15) is 0 Å². The maximum absolute atomic E-state index is 13.0. The van der Waals surface area contributed by atoms with Gasteiger partial charge in [-0.15, -0.1) is 0 Å². The molecule has 0 aliphatic carbocycles. The van der Waals surface area contributed by atoms with Crippen LogP contribution < -0.4 is 10.6 Å². The van der Waals surface area contributed by atoms with E-state index in [9.17, 15) is 9.18 Å². The molecular weight excluding hydrogens is 291 g/mol. The lowest BCUT2D eigenvalue weighted by molar-refractivity contribution is -0.715. The summed E-state index contributed by atoms with van der Waals surface area (Å²) in [5.74, 6) is -0.402. The number of rotatable bonds is 7. The molecule has 0 heterocycles. The van der Waals surface area contributed by atoms with Crippen LogP contribution in [-0.2, 0) is 4.79 Å². The molecule has 0 radical (unpaired) electrons. The number of nitrogens with one attached hydrogen (secondary N) is 1. The van der Waals surface area contributed by atoms with Gasteiger partial charge < -0.3 is 10.6 Å². The quantitative estimate of drug-likeness (QED) is 0.809. The second-order valence-corrected chi connectivity index (χ2v) is 5.65. The molecule has 2 aromatic carbocycles. The number of hydrogen-bond acceptors (Lipinski definition) is 1. The van der Waals surface area contributed by atoms with Crippen molar-refractivity contribution in [1.82, 2.24) is 0 Å². The van der Waals surface area contributed by atoms with Crippen LogP contribution in [0.15, 0.2) is 54.6 Å². The molecule has 0 aliphatic rings. The third-order valence-corrected chi connectivity index (χ3v) is 4.07. The van der Waals surface area contributed by atoms with Gasteiger partial charge in [-0.05, 0) is 37.1 Å². The van der Waals surface area contributed by atoms with Crippen molar-refractivity contribution in [2.45, 2.75) is 38.8 Å². The molecule has 0 saturated carbocycles. The molecule has 3 nitrogen and oxygen atoms in total. The van der Waals surface area contributed by atoms with Crippen molar-refractivity contribution >= 4 is 11.6 Å². The Kier molecular flexibility index (Phi) is 6.29. The molecule has 4 heteroatoms. The highest BCUT2D eigenvalue weighted by atomic mass is 19.1. The largest absolute Gasteiger partial charge is 0.330 e. The van der Waals surface area contributed by atoms with E-state index in [-0.39, 0.29) is 17.8 Å². The normalized spacial score (nSPS) is 12.2. The fourth-order valence-electron chi connectivity index (χ4n) is 2.60. The summed E-state index contributed by atoms with van der Waals surface area (Å²) in [6.45, 7) is 4.26. The molecule has 0 aliphatic heterocycles. The first-order valence-corrected chi connectivity index (χ1v) is 8.10. The van der Waals surface area contributed by atoms with Crippen LogP contribution in [0.3, 0.4) is 0 Å². The Morgan fingerprint density at radius 2 is 1.65 bits per heavy atom. The second-order valence-electron chi connectivity index (χ2n) is 5.65. The maximum Gasteiger partial charge on any atom is 0.287 e. The zero-order valence-corrected chi connectivity index (χ0v) is 13.6. The molecule has 1 amide bonds. The predicted octanol–water partition coefficient (Wildman–Crippen LogP) is 3.26. The van der Waals surface area contributed by atoms with Gasteiger partial charge in [0.05, 0.1) is 6.04 Å². The van der Waals surface area contributed by atoms with E-state index in [1.807, 2.05) is 30.3 Å². The van der Waals surface area contributed by atoms with Crippen LogP contribution in [0.1, 0.15) is 38.3 Å². The molecule has 1 atom stereocenters. The summed E-state index contributed by atoms with van der Waals surface area (Å²) < 4.78 is 13.0. The Morgan fingerprint density at radius 3 is 2.22 bits per heavy atom. The first-order chi connectivity index (χ1) is 11.1. The standard InChI is InChI=1S/C19H23FN2O/c1-3-16(4-2)21-18(14-8-6-5-7-9-14)19(23)22-17-12-10-15(20)11-13-17/h5-13,16,18,21H,3-4H2,1-2H3,(H,22,23)/p+1/t18-/m1/s1. The summed E-state index contributed by atoms with van der Waals surface area (Å²) >= 11 is 0. The highest BCUT2D eigenvalue weighted by Gasteiger charge is 2.26. The summed E-state index contributed by atoms with van der Waals surface area (Å²) in [7, 11) is 0. The maximum atomic E-state index is 13.0. The Bertz CT molecular complexity index is 609. The molecule has 0 unspecified atom stereocenters. The molecule has 23 heavy (non-hydrogen) atoms. The zero-order chi connectivity index (χ0) is 16.7. The SMILES string of the molecule is CCC(CC)[NH2+][C@@H](C(=O)Nc1ccc(F)cc1)c1ccccc1. The van der Waals surface area contributed by atoms with Crippen LogP contribution in [0.5, 0.6) is 0 Å². The minimum atomic E-state index is -0.314. The van der Waals surface area contributed by atoms with E-state index in [2.05, 4.69) is 24.5 Å². The number of amides is 1.